The topological polar surface area (TPSA) is 112 Å². The van der Waals surface area contributed by atoms with E-state index in [1.54, 1.807) is 19.3 Å². The third-order valence-corrected chi connectivity index (χ3v) is 2.93. The average Bonchev–Trinajstić information content (AvgIpc) is 3.01. The second kappa shape index (κ2) is 5.60. The van der Waals surface area contributed by atoms with Crippen LogP contribution in [-0.2, 0) is 0 Å². The van der Waals surface area contributed by atoms with Crippen molar-refractivity contribution in [1.29, 1.82) is 0 Å². The first-order valence-electron chi connectivity index (χ1n) is 6.51. The average molecular weight is 295 g/mol. The Morgan fingerprint density at radius 1 is 1.27 bits per heavy atom. The summed E-state index contributed by atoms with van der Waals surface area (Å²) < 4.78 is 0. The SMILES string of the molecule is Cc1ncc(C(N)=O)c(Nc2cccc(-n3nccn3)c2)n1. The first-order valence-corrected chi connectivity index (χ1v) is 6.51. The molecule has 3 aromatic rings. The largest absolute Gasteiger partial charge is 0.365 e. The van der Waals surface area contributed by atoms with Gasteiger partial charge in [0.25, 0.3) is 5.91 Å². The highest BCUT2D eigenvalue weighted by Gasteiger charge is 2.11. The third-order valence-electron chi connectivity index (χ3n) is 2.93. The Balaban J connectivity index is 1.95. The zero-order valence-corrected chi connectivity index (χ0v) is 11.8. The van der Waals surface area contributed by atoms with E-state index in [4.69, 9.17) is 5.73 Å². The summed E-state index contributed by atoms with van der Waals surface area (Å²) in [6.07, 6.45) is 4.60. The Morgan fingerprint density at radius 3 is 2.77 bits per heavy atom. The van der Waals surface area contributed by atoms with Crippen molar-refractivity contribution < 1.29 is 4.79 Å². The van der Waals surface area contributed by atoms with Crippen LogP contribution in [0.5, 0.6) is 0 Å². The lowest BCUT2D eigenvalue weighted by molar-refractivity contribution is 0.100. The van der Waals surface area contributed by atoms with Crippen LogP contribution in [0.25, 0.3) is 5.69 Å². The molecule has 0 aliphatic carbocycles. The molecule has 1 aromatic carbocycles. The number of amides is 1. The fourth-order valence-electron chi connectivity index (χ4n) is 1.94. The number of aryl methyl sites for hydroxylation is 1. The van der Waals surface area contributed by atoms with Gasteiger partial charge in [-0.05, 0) is 25.1 Å². The fraction of sp³-hybridized carbons (Fsp3) is 0.0714. The van der Waals surface area contributed by atoms with Crippen molar-refractivity contribution in [1.82, 2.24) is 25.0 Å². The maximum Gasteiger partial charge on any atom is 0.254 e. The highest BCUT2D eigenvalue weighted by molar-refractivity contribution is 5.97. The molecule has 0 saturated carbocycles. The molecule has 3 rings (SSSR count). The molecule has 0 radical (unpaired) electrons. The third kappa shape index (κ3) is 2.75. The quantitative estimate of drug-likeness (QED) is 0.748. The molecule has 8 heteroatoms. The predicted molar refractivity (Wildman–Crippen MR) is 79.9 cm³/mol. The van der Waals surface area contributed by atoms with E-state index in [2.05, 4.69) is 25.5 Å². The summed E-state index contributed by atoms with van der Waals surface area (Å²) in [5.74, 6) is 0.315. The molecular formula is C14H13N7O. The van der Waals surface area contributed by atoms with Gasteiger partial charge in [-0.2, -0.15) is 15.0 Å². The Labute approximate surface area is 126 Å². The van der Waals surface area contributed by atoms with Gasteiger partial charge in [0.05, 0.1) is 18.1 Å². The fourth-order valence-corrected chi connectivity index (χ4v) is 1.94. The molecule has 2 heterocycles. The number of aromatic nitrogens is 5. The molecule has 3 N–H and O–H groups in total. The van der Waals surface area contributed by atoms with Gasteiger partial charge in [0, 0.05) is 11.9 Å². The van der Waals surface area contributed by atoms with E-state index in [0.717, 1.165) is 11.4 Å². The van der Waals surface area contributed by atoms with E-state index in [9.17, 15) is 4.79 Å². The number of carbonyl (C=O) groups is 1. The van der Waals surface area contributed by atoms with Gasteiger partial charge in [-0.25, -0.2) is 9.97 Å². The van der Waals surface area contributed by atoms with Crippen LogP contribution in [0, 0.1) is 6.92 Å². The van der Waals surface area contributed by atoms with E-state index < -0.39 is 5.91 Å². The molecule has 0 unspecified atom stereocenters. The molecule has 0 spiro atoms. The zero-order valence-electron chi connectivity index (χ0n) is 11.8. The lowest BCUT2D eigenvalue weighted by atomic mass is 10.2. The first-order chi connectivity index (χ1) is 10.6. The highest BCUT2D eigenvalue weighted by atomic mass is 16.1. The van der Waals surface area contributed by atoms with Gasteiger partial charge in [0.2, 0.25) is 0 Å². The summed E-state index contributed by atoms with van der Waals surface area (Å²) in [6.45, 7) is 1.74. The number of nitrogens with one attached hydrogen (secondary N) is 1. The summed E-state index contributed by atoms with van der Waals surface area (Å²) in [7, 11) is 0. The molecule has 0 aliphatic heterocycles. The van der Waals surface area contributed by atoms with Gasteiger partial charge in [-0.15, -0.1) is 0 Å². The van der Waals surface area contributed by atoms with Gasteiger partial charge < -0.3 is 11.1 Å². The van der Waals surface area contributed by atoms with Gasteiger partial charge in [0.15, 0.2) is 0 Å². The van der Waals surface area contributed by atoms with Crippen molar-refractivity contribution in [2.24, 2.45) is 5.73 Å². The van der Waals surface area contributed by atoms with E-state index in [-0.39, 0.29) is 5.56 Å². The predicted octanol–water partition coefficient (Wildman–Crippen LogP) is 1.21. The smallest absolute Gasteiger partial charge is 0.254 e. The van der Waals surface area contributed by atoms with Crippen LogP contribution in [0.15, 0.2) is 42.9 Å². The van der Waals surface area contributed by atoms with E-state index in [1.807, 2.05) is 24.3 Å². The van der Waals surface area contributed by atoms with Crippen molar-refractivity contribution in [2.45, 2.75) is 6.92 Å². The van der Waals surface area contributed by atoms with Crippen molar-refractivity contribution in [3.8, 4) is 5.69 Å². The second-order valence-electron chi connectivity index (χ2n) is 4.54. The molecule has 1 amide bonds. The Kier molecular flexibility index (Phi) is 3.48. The number of nitrogens with zero attached hydrogens (tertiary/aromatic N) is 5. The molecule has 0 atom stereocenters. The number of benzene rings is 1. The lowest BCUT2D eigenvalue weighted by Gasteiger charge is -2.10. The minimum Gasteiger partial charge on any atom is -0.365 e. The van der Waals surface area contributed by atoms with Crippen LogP contribution in [-0.4, -0.2) is 30.9 Å². The maximum atomic E-state index is 11.5. The number of nitrogens with two attached hydrogens (primary N) is 1. The summed E-state index contributed by atoms with van der Waals surface area (Å²) in [6, 6.07) is 7.39. The zero-order chi connectivity index (χ0) is 15.5. The van der Waals surface area contributed by atoms with E-state index in [1.165, 1.54) is 11.0 Å². The van der Waals surface area contributed by atoms with Crippen molar-refractivity contribution >= 4 is 17.4 Å². The summed E-state index contributed by atoms with van der Waals surface area (Å²) in [4.78, 5) is 21.2. The Bertz CT molecular complexity index is 814. The summed E-state index contributed by atoms with van der Waals surface area (Å²) in [5.41, 5.74) is 7.08. The van der Waals surface area contributed by atoms with Crippen LogP contribution in [0.3, 0.4) is 0 Å². The molecule has 8 nitrogen and oxygen atoms in total. The maximum absolute atomic E-state index is 11.5. The standard InChI is InChI=1S/C14H13N7O/c1-9-16-8-12(13(15)22)14(19-9)20-10-3-2-4-11(7-10)21-17-5-6-18-21/h2-8H,1H3,(H2,15,22)(H,16,19,20). The van der Waals surface area contributed by atoms with Crippen molar-refractivity contribution in [3.05, 3.63) is 54.2 Å². The number of rotatable bonds is 4. The molecule has 110 valence electrons. The van der Waals surface area contributed by atoms with Crippen LogP contribution in [0.2, 0.25) is 0 Å². The lowest BCUT2D eigenvalue weighted by Crippen LogP contribution is -2.15. The second-order valence-corrected chi connectivity index (χ2v) is 4.54. The summed E-state index contributed by atoms with van der Waals surface area (Å²) in [5, 5.41) is 11.2. The van der Waals surface area contributed by atoms with Gasteiger partial charge in [-0.3, -0.25) is 4.79 Å². The van der Waals surface area contributed by atoms with Crippen LogP contribution >= 0.6 is 0 Å². The van der Waals surface area contributed by atoms with E-state index >= 15 is 0 Å². The van der Waals surface area contributed by atoms with Crippen LogP contribution in [0.4, 0.5) is 11.5 Å². The van der Waals surface area contributed by atoms with Crippen molar-refractivity contribution in [3.63, 3.8) is 0 Å². The minimum absolute atomic E-state index is 0.230. The number of primary amides is 1. The van der Waals surface area contributed by atoms with Crippen molar-refractivity contribution in [2.75, 3.05) is 5.32 Å². The van der Waals surface area contributed by atoms with Crippen LogP contribution < -0.4 is 11.1 Å². The van der Waals surface area contributed by atoms with Crippen LogP contribution in [0.1, 0.15) is 16.2 Å². The number of hydrogen-bond acceptors (Lipinski definition) is 6. The Hall–Kier alpha value is -3.29. The molecule has 0 bridgehead atoms. The highest BCUT2D eigenvalue weighted by Crippen LogP contribution is 2.20. The molecule has 0 saturated heterocycles. The Morgan fingerprint density at radius 2 is 2.05 bits per heavy atom. The minimum atomic E-state index is -0.590. The first kappa shape index (κ1) is 13.7. The monoisotopic (exact) mass is 295 g/mol. The molecule has 2 aromatic heterocycles. The normalized spacial score (nSPS) is 10.4. The van der Waals surface area contributed by atoms with Gasteiger partial charge in [0.1, 0.15) is 17.2 Å². The molecule has 0 aliphatic rings. The number of anilines is 2. The number of hydrogen-bond donors (Lipinski definition) is 2. The summed E-state index contributed by atoms with van der Waals surface area (Å²) >= 11 is 0. The molecule has 22 heavy (non-hydrogen) atoms. The van der Waals surface area contributed by atoms with Gasteiger partial charge in [-0.1, -0.05) is 6.07 Å². The number of carbonyl (C=O) groups excluding carboxylic acids is 1. The molecular weight excluding hydrogens is 282 g/mol. The molecule has 0 fully saturated rings. The van der Waals surface area contributed by atoms with Gasteiger partial charge >= 0.3 is 0 Å². The van der Waals surface area contributed by atoms with E-state index in [0.29, 0.717) is 11.6 Å².